The fourth-order valence-corrected chi connectivity index (χ4v) is 2.53. The van der Waals surface area contributed by atoms with Crippen molar-refractivity contribution in [3.8, 4) is 0 Å². The van der Waals surface area contributed by atoms with Crippen LogP contribution in [0.5, 0.6) is 0 Å². The quantitative estimate of drug-likeness (QED) is 0.902. The number of nitrogens with zero attached hydrogens (tertiary/aromatic N) is 1. The molecule has 0 spiro atoms. The van der Waals surface area contributed by atoms with E-state index in [0.717, 1.165) is 12.0 Å². The second kappa shape index (κ2) is 5.87. The van der Waals surface area contributed by atoms with Gasteiger partial charge in [0.1, 0.15) is 0 Å². The summed E-state index contributed by atoms with van der Waals surface area (Å²) in [5.74, 6) is -1.17. The van der Waals surface area contributed by atoms with Crippen LogP contribution in [0.1, 0.15) is 30.9 Å². The Labute approximate surface area is 113 Å². The molecule has 1 fully saturated rings. The molecule has 0 aliphatic carbocycles. The average molecular weight is 261 g/mol. The van der Waals surface area contributed by atoms with E-state index in [9.17, 15) is 9.59 Å². The van der Waals surface area contributed by atoms with Crippen LogP contribution in [0.4, 0.5) is 0 Å². The van der Waals surface area contributed by atoms with Crippen molar-refractivity contribution in [1.29, 1.82) is 0 Å². The van der Waals surface area contributed by atoms with Crippen LogP contribution in [-0.2, 0) is 22.6 Å². The van der Waals surface area contributed by atoms with Gasteiger partial charge in [0.15, 0.2) is 0 Å². The van der Waals surface area contributed by atoms with Crippen LogP contribution in [0.15, 0.2) is 24.3 Å². The SMILES string of the molecule is CCc1ccccc1CN1CC(C(=O)O)CCC1=O. The van der Waals surface area contributed by atoms with Gasteiger partial charge in [0.2, 0.25) is 5.91 Å². The summed E-state index contributed by atoms with van der Waals surface area (Å²) >= 11 is 0. The van der Waals surface area contributed by atoms with Crippen molar-refractivity contribution < 1.29 is 14.7 Å². The molecule has 0 aromatic heterocycles. The van der Waals surface area contributed by atoms with Crippen LogP contribution in [0.2, 0.25) is 0 Å². The van der Waals surface area contributed by atoms with Gasteiger partial charge in [0.05, 0.1) is 5.92 Å². The van der Waals surface area contributed by atoms with Crippen LogP contribution >= 0.6 is 0 Å². The highest BCUT2D eigenvalue weighted by Crippen LogP contribution is 2.21. The van der Waals surface area contributed by atoms with Crippen molar-refractivity contribution >= 4 is 11.9 Å². The number of aliphatic carboxylic acids is 1. The number of hydrogen-bond donors (Lipinski definition) is 1. The lowest BCUT2D eigenvalue weighted by Gasteiger charge is -2.31. The number of carboxylic acids is 1. The van der Waals surface area contributed by atoms with Gasteiger partial charge in [0.25, 0.3) is 0 Å². The fraction of sp³-hybridized carbons (Fsp3) is 0.467. The molecule has 4 nitrogen and oxygen atoms in total. The summed E-state index contributed by atoms with van der Waals surface area (Å²) in [6.45, 7) is 2.93. The van der Waals surface area contributed by atoms with Gasteiger partial charge in [-0.05, 0) is 24.0 Å². The zero-order chi connectivity index (χ0) is 13.8. The summed E-state index contributed by atoms with van der Waals surface area (Å²) in [5.41, 5.74) is 2.33. The summed E-state index contributed by atoms with van der Waals surface area (Å²) < 4.78 is 0. The molecular weight excluding hydrogens is 242 g/mol. The van der Waals surface area contributed by atoms with Crippen LogP contribution < -0.4 is 0 Å². The Morgan fingerprint density at radius 2 is 2.05 bits per heavy atom. The van der Waals surface area contributed by atoms with E-state index in [2.05, 4.69) is 13.0 Å². The maximum atomic E-state index is 11.9. The lowest BCUT2D eigenvalue weighted by molar-refractivity contribution is -0.147. The number of amides is 1. The molecule has 19 heavy (non-hydrogen) atoms. The number of likely N-dealkylation sites (tertiary alicyclic amines) is 1. The van der Waals surface area contributed by atoms with E-state index >= 15 is 0 Å². The zero-order valence-electron chi connectivity index (χ0n) is 11.1. The van der Waals surface area contributed by atoms with Gasteiger partial charge >= 0.3 is 5.97 Å². The molecule has 1 saturated heterocycles. The fourth-order valence-electron chi connectivity index (χ4n) is 2.53. The molecule has 0 bridgehead atoms. The predicted octanol–water partition coefficient (Wildman–Crippen LogP) is 2.07. The molecular formula is C15H19NO3. The Kier molecular flexibility index (Phi) is 4.20. The maximum absolute atomic E-state index is 11.9. The van der Waals surface area contributed by atoms with Gasteiger partial charge in [-0.1, -0.05) is 31.2 Å². The van der Waals surface area contributed by atoms with Gasteiger partial charge in [-0.25, -0.2) is 0 Å². The molecule has 1 amide bonds. The third-order valence-electron chi connectivity index (χ3n) is 3.71. The number of rotatable bonds is 4. The van der Waals surface area contributed by atoms with Gasteiger partial charge in [-0.2, -0.15) is 0 Å². The third-order valence-corrected chi connectivity index (χ3v) is 3.71. The number of carboxylic acid groups (broad SMARTS) is 1. The highest BCUT2D eigenvalue weighted by Gasteiger charge is 2.30. The molecule has 1 aromatic rings. The molecule has 1 heterocycles. The molecule has 2 rings (SSSR count). The summed E-state index contributed by atoms with van der Waals surface area (Å²) in [6, 6.07) is 8.01. The summed E-state index contributed by atoms with van der Waals surface area (Å²) in [7, 11) is 0. The lowest BCUT2D eigenvalue weighted by atomic mass is 9.96. The lowest BCUT2D eigenvalue weighted by Crippen LogP contribution is -2.42. The minimum atomic E-state index is -0.804. The molecule has 1 aromatic carbocycles. The number of piperidine rings is 1. The van der Waals surface area contributed by atoms with E-state index in [1.165, 1.54) is 5.56 Å². The number of carbonyl (C=O) groups is 2. The number of hydrogen-bond acceptors (Lipinski definition) is 2. The molecule has 1 aliphatic heterocycles. The third kappa shape index (κ3) is 3.13. The summed E-state index contributed by atoms with van der Waals surface area (Å²) in [5, 5.41) is 9.07. The molecule has 1 N–H and O–H groups in total. The van der Waals surface area contributed by atoms with Crippen molar-refractivity contribution in [3.63, 3.8) is 0 Å². The number of carbonyl (C=O) groups excluding carboxylic acids is 1. The first kappa shape index (κ1) is 13.6. The number of benzene rings is 1. The standard InChI is InChI=1S/C15H19NO3/c1-2-11-5-3-4-6-12(11)9-16-10-13(15(18)19)7-8-14(16)17/h3-6,13H,2,7-10H2,1H3,(H,18,19). The van der Waals surface area contributed by atoms with Crippen LogP contribution in [0.25, 0.3) is 0 Å². The van der Waals surface area contributed by atoms with Crippen molar-refractivity contribution in [1.82, 2.24) is 4.90 Å². The normalized spacial score (nSPS) is 19.5. The Morgan fingerprint density at radius 3 is 2.68 bits per heavy atom. The Balaban J connectivity index is 2.12. The Morgan fingerprint density at radius 1 is 1.37 bits per heavy atom. The largest absolute Gasteiger partial charge is 0.481 e. The Bertz CT molecular complexity index is 484. The van der Waals surface area contributed by atoms with Crippen LogP contribution in [-0.4, -0.2) is 28.4 Å². The second-order valence-electron chi connectivity index (χ2n) is 4.97. The molecule has 102 valence electrons. The second-order valence-corrected chi connectivity index (χ2v) is 4.97. The predicted molar refractivity (Wildman–Crippen MR) is 71.6 cm³/mol. The van der Waals surface area contributed by atoms with Crippen molar-refractivity contribution in [2.75, 3.05) is 6.54 Å². The summed E-state index contributed by atoms with van der Waals surface area (Å²) in [6.07, 6.45) is 1.71. The molecule has 1 unspecified atom stereocenters. The van der Waals surface area contributed by atoms with Crippen molar-refractivity contribution in [2.45, 2.75) is 32.7 Å². The van der Waals surface area contributed by atoms with E-state index in [1.54, 1.807) is 4.90 Å². The van der Waals surface area contributed by atoms with E-state index in [-0.39, 0.29) is 5.91 Å². The van der Waals surface area contributed by atoms with E-state index < -0.39 is 11.9 Å². The molecule has 0 radical (unpaired) electrons. The van der Waals surface area contributed by atoms with Gasteiger partial charge in [-0.3, -0.25) is 9.59 Å². The zero-order valence-corrected chi connectivity index (χ0v) is 11.1. The average Bonchev–Trinajstić information content (AvgIpc) is 2.41. The molecule has 0 saturated carbocycles. The first-order valence-electron chi connectivity index (χ1n) is 6.69. The smallest absolute Gasteiger partial charge is 0.308 e. The highest BCUT2D eigenvalue weighted by atomic mass is 16.4. The van der Waals surface area contributed by atoms with Gasteiger partial charge in [0, 0.05) is 19.5 Å². The number of aryl methyl sites for hydroxylation is 1. The van der Waals surface area contributed by atoms with E-state index in [4.69, 9.17) is 5.11 Å². The minimum Gasteiger partial charge on any atom is -0.481 e. The molecule has 4 heteroatoms. The first-order chi connectivity index (χ1) is 9.11. The topological polar surface area (TPSA) is 57.6 Å². The van der Waals surface area contributed by atoms with Crippen molar-refractivity contribution in [2.24, 2.45) is 5.92 Å². The van der Waals surface area contributed by atoms with Crippen LogP contribution in [0.3, 0.4) is 0 Å². The van der Waals surface area contributed by atoms with E-state index in [0.29, 0.717) is 25.9 Å². The van der Waals surface area contributed by atoms with Crippen LogP contribution in [0, 0.1) is 5.92 Å². The first-order valence-corrected chi connectivity index (χ1v) is 6.69. The van der Waals surface area contributed by atoms with Gasteiger partial charge < -0.3 is 10.0 Å². The maximum Gasteiger partial charge on any atom is 0.308 e. The van der Waals surface area contributed by atoms with Gasteiger partial charge in [-0.15, -0.1) is 0 Å². The Hall–Kier alpha value is -1.84. The monoisotopic (exact) mass is 261 g/mol. The van der Waals surface area contributed by atoms with E-state index in [1.807, 2.05) is 18.2 Å². The highest BCUT2D eigenvalue weighted by molar-refractivity contribution is 5.80. The molecule has 1 aliphatic rings. The van der Waals surface area contributed by atoms with Crippen molar-refractivity contribution in [3.05, 3.63) is 35.4 Å². The summed E-state index contributed by atoms with van der Waals surface area (Å²) in [4.78, 5) is 24.6. The molecule has 1 atom stereocenters. The minimum absolute atomic E-state index is 0.0587.